The fraction of sp³-hybridized carbons (Fsp3) is 0.273. The van der Waals surface area contributed by atoms with Crippen LogP contribution in [0.15, 0.2) is 12.1 Å². The Balaban J connectivity index is 2.18. The SMILES string of the molecule is Cc1ccc(-c2nn(C(N)=O)c3c2CCN3)s1. The van der Waals surface area contributed by atoms with Gasteiger partial charge in [0.15, 0.2) is 0 Å². The highest BCUT2D eigenvalue weighted by molar-refractivity contribution is 7.15. The van der Waals surface area contributed by atoms with Crippen molar-refractivity contribution in [3.8, 4) is 10.6 Å². The Hall–Kier alpha value is -1.82. The predicted octanol–water partition coefficient (Wildman–Crippen LogP) is 1.81. The van der Waals surface area contributed by atoms with E-state index >= 15 is 0 Å². The van der Waals surface area contributed by atoms with Crippen LogP contribution in [-0.4, -0.2) is 22.4 Å². The molecule has 88 valence electrons. The Morgan fingerprint density at radius 1 is 1.59 bits per heavy atom. The molecule has 6 heteroatoms. The summed E-state index contributed by atoms with van der Waals surface area (Å²) in [6.07, 6.45) is 0.884. The molecule has 0 aliphatic carbocycles. The van der Waals surface area contributed by atoms with Crippen molar-refractivity contribution in [2.24, 2.45) is 5.73 Å². The van der Waals surface area contributed by atoms with Gasteiger partial charge in [0.25, 0.3) is 0 Å². The van der Waals surface area contributed by atoms with Crippen LogP contribution in [0.4, 0.5) is 10.6 Å². The second-order valence-corrected chi connectivity index (χ2v) is 5.30. The van der Waals surface area contributed by atoms with Gasteiger partial charge in [0.05, 0.1) is 4.88 Å². The molecule has 0 saturated heterocycles. The summed E-state index contributed by atoms with van der Waals surface area (Å²) in [5, 5.41) is 7.46. The predicted molar refractivity (Wildman–Crippen MR) is 67.5 cm³/mol. The Morgan fingerprint density at radius 3 is 3.06 bits per heavy atom. The zero-order chi connectivity index (χ0) is 12.0. The van der Waals surface area contributed by atoms with Crippen molar-refractivity contribution < 1.29 is 4.79 Å². The molecule has 1 aliphatic rings. The number of hydrogen-bond acceptors (Lipinski definition) is 4. The summed E-state index contributed by atoms with van der Waals surface area (Å²) < 4.78 is 1.26. The van der Waals surface area contributed by atoms with Crippen LogP contribution in [0, 0.1) is 6.92 Å². The third-order valence-electron chi connectivity index (χ3n) is 2.83. The lowest BCUT2D eigenvalue weighted by Crippen LogP contribution is -2.22. The van der Waals surface area contributed by atoms with Crippen LogP contribution in [-0.2, 0) is 6.42 Å². The van der Waals surface area contributed by atoms with Gasteiger partial charge in [-0.3, -0.25) is 0 Å². The third-order valence-corrected chi connectivity index (χ3v) is 3.84. The average Bonchev–Trinajstić information content (AvgIpc) is 2.90. The van der Waals surface area contributed by atoms with Gasteiger partial charge in [0.1, 0.15) is 11.5 Å². The summed E-state index contributed by atoms with van der Waals surface area (Å²) in [5.41, 5.74) is 7.27. The number of amides is 1. The van der Waals surface area contributed by atoms with E-state index in [-0.39, 0.29) is 0 Å². The lowest BCUT2D eigenvalue weighted by atomic mass is 10.2. The van der Waals surface area contributed by atoms with Crippen LogP contribution in [0.25, 0.3) is 10.6 Å². The summed E-state index contributed by atoms with van der Waals surface area (Å²) in [6.45, 7) is 2.88. The zero-order valence-electron chi connectivity index (χ0n) is 9.36. The molecule has 2 aromatic rings. The van der Waals surface area contributed by atoms with Gasteiger partial charge < -0.3 is 11.1 Å². The van der Waals surface area contributed by atoms with Crippen molar-refractivity contribution in [1.29, 1.82) is 0 Å². The first-order valence-corrected chi connectivity index (χ1v) is 6.21. The fourth-order valence-corrected chi connectivity index (χ4v) is 2.97. The number of carbonyl (C=O) groups is 1. The maximum absolute atomic E-state index is 11.3. The van der Waals surface area contributed by atoms with Crippen molar-refractivity contribution in [2.45, 2.75) is 13.3 Å². The van der Waals surface area contributed by atoms with Crippen LogP contribution < -0.4 is 11.1 Å². The molecule has 3 heterocycles. The highest BCUT2D eigenvalue weighted by atomic mass is 32.1. The molecular formula is C11H12N4OS. The van der Waals surface area contributed by atoms with E-state index in [1.54, 1.807) is 11.3 Å². The summed E-state index contributed by atoms with van der Waals surface area (Å²) in [5.74, 6) is 0.749. The highest BCUT2D eigenvalue weighted by Gasteiger charge is 2.25. The van der Waals surface area contributed by atoms with Gasteiger partial charge in [0.2, 0.25) is 0 Å². The third kappa shape index (κ3) is 1.52. The van der Waals surface area contributed by atoms with Gasteiger partial charge in [-0.1, -0.05) is 0 Å². The molecule has 0 spiro atoms. The second-order valence-electron chi connectivity index (χ2n) is 4.01. The molecule has 3 N–H and O–H groups in total. The van der Waals surface area contributed by atoms with E-state index in [0.717, 1.165) is 34.9 Å². The molecule has 0 fully saturated rings. The summed E-state index contributed by atoms with van der Waals surface area (Å²) in [7, 11) is 0. The van der Waals surface area contributed by atoms with Crippen LogP contribution >= 0.6 is 11.3 Å². The number of aromatic nitrogens is 2. The van der Waals surface area contributed by atoms with Crippen molar-refractivity contribution in [3.63, 3.8) is 0 Å². The number of fused-ring (bicyclic) bond motifs is 1. The minimum absolute atomic E-state index is 0.546. The first-order valence-electron chi connectivity index (χ1n) is 5.39. The zero-order valence-corrected chi connectivity index (χ0v) is 10.2. The molecule has 1 amide bonds. The van der Waals surface area contributed by atoms with E-state index in [2.05, 4.69) is 23.4 Å². The van der Waals surface area contributed by atoms with Crippen molar-refractivity contribution in [3.05, 3.63) is 22.6 Å². The monoisotopic (exact) mass is 248 g/mol. The van der Waals surface area contributed by atoms with E-state index in [1.807, 2.05) is 6.07 Å². The van der Waals surface area contributed by atoms with Gasteiger partial charge in [-0.2, -0.15) is 9.78 Å². The lowest BCUT2D eigenvalue weighted by molar-refractivity contribution is 0.248. The van der Waals surface area contributed by atoms with E-state index in [4.69, 9.17) is 5.73 Å². The molecule has 0 bridgehead atoms. The number of thiophene rings is 1. The number of anilines is 1. The maximum Gasteiger partial charge on any atom is 0.341 e. The second kappa shape index (κ2) is 3.59. The van der Waals surface area contributed by atoms with Crippen molar-refractivity contribution in [1.82, 2.24) is 9.78 Å². The Bertz CT molecular complexity index is 599. The number of hydrogen-bond donors (Lipinski definition) is 2. The quantitative estimate of drug-likeness (QED) is 0.808. The summed E-state index contributed by atoms with van der Waals surface area (Å²) in [6, 6.07) is 3.54. The van der Waals surface area contributed by atoms with E-state index in [0.29, 0.717) is 0 Å². The van der Waals surface area contributed by atoms with Crippen LogP contribution in [0.5, 0.6) is 0 Å². The number of aryl methyl sites for hydroxylation is 1. The lowest BCUT2D eigenvalue weighted by Gasteiger charge is -1.99. The largest absolute Gasteiger partial charge is 0.369 e. The van der Waals surface area contributed by atoms with Gasteiger partial charge in [-0.15, -0.1) is 11.3 Å². The standard InChI is InChI=1S/C11H12N4OS/c1-6-2-3-8(17-6)9-7-4-5-13-10(7)15(14-9)11(12)16/h2-3,13H,4-5H2,1H3,(H2,12,16). The van der Waals surface area contributed by atoms with Crippen LogP contribution in [0.1, 0.15) is 10.4 Å². The number of carbonyl (C=O) groups excluding carboxylic acids is 1. The van der Waals surface area contributed by atoms with Crippen LogP contribution in [0.2, 0.25) is 0 Å². The van der Waals surface area contributed by atoms with E-state index in [1.165, 1.54) is 9.56 Å². The Morgan fingerprint density at radius 2 is 2.41 bits per heavy atom. The maximum atomic E-state index is 11.3. The summed E-state index contributed by atoms with van der Waals surface area (Å²) >= 11 is 1.68. The minimum Gasteiger partial charge on any atom is -0.369 e. The molecule has 0 aromatic carbocycles. The van der Waals surface area contributed by atoms with Crippen LogP contribution in [0.3, 0.4) is 0 Å². The number of nitrogens with two attached hydrogens (primary N) is 1. The highest BCUT2D eigenvalue weighted by Crippen LogP contribution is 2.35. The van der Waals surface area contributed by atoms with Crippen molar-refractivity contribution >= 4 is 23.2 Å². The topological polar surface area (TPSA) is 72.9 Å². The molecule has 0 radical (unpaired) electrons. The average molecular weight is 248 g/mol. The van der Waals surface area contributed by atoms with Gasteiger partial charge in [-0.25, -0.2) is 4.79 Å². The Kier molecular flexibility index (Phi) is 2.19. The minimum atomic E-state index is -0.546. The Labute approximate surface area is 102 Å². The molecule has 5 nitrogen and oxygen atoms in total. The van der Waals surface area contributed by atoms with Crippen molar-refractivity contribution in [2.75, 3.05) is 11.9 Å². The fourth-order valence-electron chi connectivity index (χ4n) is 2.09. The molecule has 2 aromatic heterocycles. The van der Waals surface area contributed by atoms with Gasteiger partial charge in [0, 0.05) is 17.0 Å². The number of nitrogens with one attached hydrogen (secondary N) is 1. The molecule has 17 heavy (non-hydrogen) atoms. The summed E-state index contributed by atoms with van der Waals surface area (Å²) in [4.78, 5) is 13.6. The number of rotatable bonds is 1. The number of primary amides is 1. The first kappa shape index (κ1) is 10.3. The molecular weight excluding hydrogens is 236 g/mol. The molecule has 3 rings (SSSR count). The van der Waals surface area contributed by atoms with E-state index < -0.39 is 6.03 Å². The first-order chi connectivity index (χ1) is 8.16. The smallest absolute Gasteiger partial charge is 0.341 e. The molecule has 0 atom stereocenters. The van der Waals surface area contributed by atoms with Gasteiger partial charge >= 0.3 is 6.03 Å². The molecule has 1 aliphatic heterocycles. The van der Waals surface area contributed by atoms with E-state index in [9.17, 15) is 4.79 Å². The molecule has 0 unspecified atom stereocenters. The van der Waals surface area contributed by atoms with Gasteiger partial charge in [-0.05, 0) is 25.5 Å². The number of nitrogens with zero attached hydrogens (tertiary/aromatic N) is 2. The molecule has 0 saturated carbocycles. The normalized spacial score (nSPS) is 13.5.